The summed E-state index contributed by atoms with van der Waals surface area (Å²) in [6.45, 7) is 4.69. The number of para-hydroxylation sites is 2. The zero-order chi connectivity index (χ0) is 27.4. The molecule has 37 heavy (non-hydrogen) atoms. The van der Waals surface area contributed by atoms with Gasteiger partial charge in [-0.05, 0) is 49.1 Å². The Hall–Kier alpha value is -3.27. The molecular formula is C27H39N3O6S. The number of amides is 2. The van der Waals surface area contributed by atoms with Gasteiger partial charge in [0.25, 0.3) is 0 Å². The number of nitrogens with one attached hydrogen (secondary N) is 1. The topological polar surface area (TPSA) is 105 Å². The molecule has 0 saturated heterocycles. The van der Waals surface area contributed by atoms with Gasteiger partial charge < -0.3 is 19.7 Å². The van der Waals surface area contributed by atoms with E-state index in [1.807, 2.05) is 38.1 Å². The van der Waals surface area contributed by atoms with Gasteiger partial charge in [-0.2, -0.15) is 0 Å². The summed E-state index contributed by atoms with van der Waals surface area (Å²) in [5, 5.41) is 2.90. The lowest BCUT2D eigenvalue weighted by molar-refractivity contribution is -0.141. The predicted molar refractivity (Wildman–Crippen MR) is 145 cm³/mol. The molecule has 0 saturated carbocycles. The summed E-state index contributed by atoms with van der Waals surface area (Å²) < 4.78 is 37.0. The Morgan fingerprint density at radius 3 is 2.38 bits per heavy atom. The lowest BCUT2D eigenvalue weighted by Crippen LogP contribution is -2.49. The average molecular weight is 534 g/mol. The van der Waals surface area contributed by atoms with Crippen LogP contribution in [-0.2, 0) is 26.2 Å². The van der Waals surface area contributed by atoms with E-state index in [1.165, 1.54) is 11.4 Å². The van der Waals surface area contributed by atoms with E-state index >= 15 is 0 Å². The van der Waals surface area contributed by atoms with Gasteiger partial charge in [0.05, 0.1) is 26.2 Å². The fourth-order valence-electron chi connectivity index (χ4n) is 4.07. The molecule has 0 radical (unpaired) electrons. The molecule has 0 spiro atoms. The maximum atomic E-state index is 13.5. The van der Waals surface area contributed by atoms with Crippen molar-refractivity contribution in [3.63, 3.8) is 0 Å². The normalized spacial score (nSPS) is 11.9. The largest absolute Gasteiger partial charge is 0.497 e. The van der Waals surface area contributed by atoms with Crippen molar-refractivity contribution in [3.05, 3.63) is 54.1 Å². The third-order valence-corrected chi connectivity index (χ3v) is 7.11. The number of methoxy groups -OCH3 is 2. The van der Waals surface area contributed by atoms with Gasteiger partial charge in [0.1, 0.15) is 17.5 Å². The van der Waals surface area contributed by atoms with Gasteiger partial charge >= 0.3 is 0 Å². The van der Waals surface area contributed by atoms with E-state index in [4.69, 9.17) is 9.47 Å². The van der Waals surface area contributed by atoms with E-state index in [2.05, 4.69) is 5.32 Å². The number of hydrogen-bond acceptors (Lipinski definition) is 6. The Labute approximate surface area is 220 Å². The number of carbonyl (C=O) groups excluding carboxylic acids is 2. The highest BCUT2D eigenvalue weighted by atomic mass is 32.2. The molecule has 1 atom stereocenters. The molecule has 0 aliphatic carbocycles. The van der Waals surface area contributed by atoms with Crippen molar-refractivity contribution in [2.45, 2.75) is 52.1 Å². The molecule has 0 bridgehead atoms. The summed E-state index contributed by atoms with van der Waals surface area (Å²) in [6, 6.07) is 13.6. The first-order chi connectivity index (χ1) is 17.7. The summed E-state index contributed by atoms with van der Waals surface area (Å²) in [5.41, 5.74) is 1.25. The Bertz CT molecular complexity index is 1140. The first kappa shape index (κ1) is 30.0. The van der Waals surface area contributed by atoms with Crippen molar-refractivity contribution in [1.29, 1.82) is 0 Å². The number of benzene rings is 2. The number of rotatable bonds is 15. The molecule has 0 aliphatic rings. The molecule has 0 fully saturated rings. The lowest BCUT2D eigenvalue weighted by atomic mass is 10.1. The Morgan fingerprint density at radius 2 is 1.76 bits per heavy atom. The van der Waals surface area contributed by atoms with Crippen LogP contribution in [0, 0.1) is 0 Å². The second-order valence-electron chi connectivity index (χ2n) is 8.70. The Balaban J connectivity index is 2.25. The second-order valence-corrected chi connectivity index (χ2v) is 10.6. The zero-order valence-electron chi connectivity index (χ0n) is 22.4. The Kier molecular flexibility index (Phi) is 11.7. The van der Waals surface area contributed by atoms with E-state index in [1.54, 1.807) is 36.3 Å². The van der Waals surface area contributed by atoms with Crippen LogP contribution in [0.25, 0.3) is 0 Å². The molecule has 2 rings (SSSR count). The van der Waals surface area contributed by atoms with Crippen LogP contribution in [0.15, 0.2) is 48.5 Å². The first-order valence-electron chi connectivity index (χ1n) is 12.5. The quantitative estimate of drug-likeness (QED) is 0.375. The summed E-state index contributed by atoms with van der Waals surface area (Å²) in [7, 11) is -0.566. The molecule has 0 heterocycles. The number of hydrogen-bond donors (Lipinski definition) is 1. The van der Waals surface area contributed by atoms with E-state index in [9.17, 15) is 18.0 Å². The smallest absolute Gasteiger partial charge is 0.242 e. The monoisotopic (exact) mass is 533 g/mol. The van der Waals surface area contributed by atoms with Crippen LogP contribution >= 0.6 is 0 Å². The average Bonchev–Trinajstić information content (AvgIpc) is 2.89. The van der Waals surface area contributed by atoms with Crippen molar-refractivity contribution in [1.82, 2.24) is 10.2 Å². The van der Waals surface area contributed by atoms with Crippen molar-refractivity contribution < 1.29 is 27.5 Å². The SMILES string of the molecule is CCCNC(=O)[C@@H](CC)N(Cc1cccc(OC)c1)C(=O)CCCN(c1ccccc1OC)S(C)(=O)=O. The molecule has 0 aliphatic heterocycles. The molecule has 0 aromatic heterocycles. The second kappa shape index (κ2) is 14.5. The summed E-state index contributed by atoms with van der Waals surface area (Å²) >= 11 is 0. The van der Waals surface area contributed by atoms with Crippen molar-refractivity contribution in [2.24, 2.45) is 0 Å². The highest BCUT2D eigenvalue weighted by Crippen LogP contribution is 2.30. The van der Waals surface area contributed by atoms with Crippen molar-refractivity contribution in [2.75, 3.05) is 37.9 Å². The van der Waals surface area contributed by atoms with Gasteiger partial charge in [-0.1, -0.05) is 38.1 Å². The summed E-state index contributed by atoms with van der Waals surface area (Å²) in [5.74, 6) is 0.661. The van der Waals surface area contributed by atoms with Crippen LogP contribution < -0.4 is 19.1 Å². The molecule has 204 valence electrons. The first-order valence-corrected chi connectivity index (χ1v) is 14.3. The third-order valence-electron chi connectivity index (χ3n) is 5.93. The number of ether oxygens (including phenoxy) is 2. The molecular weight excluding hydrogens is 494 g/mol. The van der Waals surface area contributed by atoms with E-state index in [0.717, 1.165) is 18.2 Å². The standard InChI is InChI=1S/C27H39N3O6S/c1-6-17-28-27(32)23(7-2)29(20-21-12-10-13-22(19-21)35-3)26(31)16-11-18-30(37(5,33)34)24-14-8-9-15-25(24)36-4/h8-10,12-15,19,23H,6-7,11,16-18,20H2,1-5H3,(H,28,32)/t23-/m1/s1. The van der Waals surface area contributed by atoms with Gasteiger partial charge in [0.15, 0.2) is 0 Å². The highest BCUT2D eigenvalue weighted by molar-refractivity contribution is 7.92. The van der Waals surface area contributed by atoms with Gasteiger partial charge in [-0.3, -0.25) is 13.9 Å². The van der Waals surface area contributed by atoms with Crippen LogP contribution in [0.2, 0.25) is 0 Å². The minimum atomic E-state index is -3.62. The van der Waals surface area contributed by atoms with Crippen LogP contribution in [0.3, 0.4) is 0 Å². The maximum Gasteiger partial charge on any atom is 0.242 e. The zero-order valence-corrected chi connectivity index (χ0v) is 23.2. The van der Waals surface area contributed by atoms with Crippen LogP contribution in [-0.4, -0.2) is 64.7 Å². The fourth-order valence-corrected chi connectivity index (χ4v) is 5.04. The van der Waals surface area contributed by atoms with Gasteiger partial charge in [0.2, 0.25) is 21.8 Å². The van der Waals surface area contributed by atoms with E-state index in [-0.39, 0.29) is 37.7 Å². The predicted octanol–water partition coefficient (Wildman–Crippen LogP) is 3.58. The maximum absolute atomic E-state index is 13.5. The minimum Gasteiger partial charge on any atom is -0.497 e. The van der Waals surface area contributed by atoms with Crippen LogP contribution in [0.5, 0.6) is 11.5 Å². The van der Waals surface area contributed by atoms with Crippen LogP contribution in [0.4, 0.5) is 5.69 Å². The molecule has 2 amide bonds. The molecule has 2 aromatic rings. The van der Waals surface area contributed by atoms with Gasteiger partial charge in [-0.15, -0.1) is 0 Å². The number of sulfonamides is 1. The van der Waals surface area contributed by atoms with Gasteiger partial charge in [0, 0.05) is 26.1 Å². The summed E-state index contributed by atoms with van der Waals surface area (Å²) in [6.07, 6.45) is 2.70. The third kappa shape index (κ3) is 8.66. The van der Waals surface area contributed by atoms with Crippen molar-refractivity contribution in [3.8, 4) is 11.5 Å². The molecule has 2 aromatic carbocycles. The molecule has 9 nitrogen and oxygen atoms in total. The number of nitrogens with zero attached hydrogens (tertiary/aromatic N) is 2. The minimum absolute atomic E-state index is 0.0721. The fraction of sp³-hybridized carbons (Fsp3) is 0.481. The number of carbonyl (C=O) groups is 2. The van der Waals surface area contributed by atoms with Gasteiger partial charge in [-0.25, -0.2) is 8.42 Å². The Morgan fingerprint density at radius 1 is 1.03 bits per heavy atom. The van der Waals surface area contributed by atoms with E-state index < -0.39 is 16.1 Å². The number of anilines is 1. The van der Waals surface area contributed by atoms with Crippen LogP contribution in [0.1, 0.15) is 45.1 Å². The summed E-state index contributed by atoms with van der Waals surface area (Å²) in [4.78, 5) is 28.0. The lowest BCUT2D eigenvalue weighted by Gasteiger charge is -2.31. The molecule has 1 N–H and O–H groups in total. The van der Waals surface area contributed by atoms with E-state index in [0.29, 0.717) is 30.2 Å². The van der Waals surface area contributed by atoms with Crippen molar-refractivity contribution >= 4 is 27.5 Å². The highest BCUT2D eigenvalue weighted by Gasteiger charge is 2.29. The molecule has 0 unspecified atom stereocenters. The molecule has 10 heteroatoms.